The minimum atomic E-state index is -0.773. The number of fused-ring (bicyclic) bond motifs is 1. The van der Waals surface area contributed by atoms with Gasteiger partial charge in [0.05, 0.1) is 19.3 Å². The summed E-state index contributed by atoms with van der Waals surface area (Å²) < 4.78 is 11.2. The van der Waals surface area contributed by atoms with Crippen LogP contribution in [0.1, 0.15) is 13.8 Å². The molecule has 2 rings (SSSR count). The summed E-state index contributed by atoms with van der Waals surface area (Å²) in [6.45, 7) is 6.77. The Hall–Kier alpha value is -0.920. The molecule has 2 aliphatic rings. The molecule has 2 fully saturated rings. The van der Waals surface area contributed by atoms with Crippen molar-refractivity contribution in [1.29, 1.82) is 0 Å². The van der Waals surface area contributed by atoms with Crippen LogP contribution in [0.2, 0.25) is 0 Å². The molecule has 0 unspecified atom stereocenters. The van der Waals surface area contributed by atoms with Gasteiger partial charge in [-0.05, 0) is 13.1 Å². The maximum absolute atomic E-state index is 10.3. The Morgan fingerprint density at radius 2 is 1.94 bits per heavy atom. The molecule has 98 valence electrons. The van der Waals surface area contributed by atoms with Crippen LogP contribution in [0.15, 0.2) is 0 Å². The Morgan fingerprint density at radius 3 is 2.53 bits per heavy atom. The first-order valence-electron chi connectivity index (χ1n) is 5.95. The number of ether oxygens (including phenoxy) is 2. The second-order valence-electron chi connectivity index (χ2n) is 4.25. The van der Waals surface area contributed by atoms with Crippen LogP contribution in [0.5, 0.6) is 0 Å². The molecule has 0 aromatic rings. The minimum Gasteiger partial charge on any atom is -0.371 e. The van der Waals surface area contributed by atoms with Gasteiger partial charge in [0.15, 0.2) is 6.10 Å². The molecule has 0 aliphatic carbocycles. The molecule has 17 heavy (non-hydrogen) atoms. The van der Waals surface area contributed by atoms with E-state index in [0.717, 1.165) is 13.1 Å². The molecule has 0 aromatic heterocycles. The fraction of sp³-hybridized carbons (Fsp3) is 1.00. The number of hydrogen-bond donors (Lipinski definition) is 0. The molecule has 7 heteroatoms. The second-order valence-corrected chi connectivity index (χ2v) is 4.25. The van der Waals surface area contributed by atoms with E-state index in [4.69, 9.17) is 9.47 Å². The van der Waals surface area contributed by atoms with Gasteiger partial charge in [0.2, 0.25) is 0 Å². The van der Waals surface area contributed by atoms with E-state index in [2.05, 4.69) is 23.6 Å². The van der Waals surface area contributed by atoms with Crippen molar-refractivity contribution in [2.75, 3.05) is 26.3 Å². The SMILES string of the molecule is CCN(CC)[C@H]1CO[C@H]2[C@@H]1OC[C@@H]2O[N+](=O)[O-]. The molecule has 7 nitrogen and oxygen atoms in total. The summed E-state index contributed by atoms with van der Waals surface area (Å²) in [6, 6.07) is 0.176. The zero-order valence-electron chi connectivity index (χ0n) is 10.1. The molecule has 2 heterocycles. The lowest BCUT2D eigenvalue weighted by atomic mass is 10.1. The lowest BCUT2D eigenvalue weighted by Crippen LogP contribution is -2.44. The summed E-state index contributed by atoms with van der Waals surface area (Å²) in [5, 5.41) is 9.56. The van der Waals surface area contributed by atoms with E-state index in [9.17, 15) is 10.1 Å². The minimum absolute atomic E-state index is 0.111. The van der Waals surface area contributed by atoms with E-state index in [1.54, 1.807) is 0 Å². The molecule has 0 amide bonds. The monoisotopic (exact) mass is 246 g/mol. The number of likely N-dealkylation sites (N-methyl/N-ethyl adjacent to an activating group) is 1. The van der Waals surface area contributed by atoms with Gasteiger partial charge in [0.25, 0.3) is 5.09 Å². The zero-order chi connectivity index (χ0) is 12.4. The standard InChI is InChI=1S/C10H18N2O5/c1-3-11(4-2)7-5-15-10-8(17-12(13)14)6-16-9(7)10/h7-10H,3-6H2,1-2H3/t7-,8-,9+,10+/m0/s1. The molecule has 0 aromatic carbocycles. The summed E-state index contributed by atoms with van der Waals surface area (Å²) in [5.41, 5.74) is 0. The molecule has 0 radical (unpaired) electrons. The zero-order valence-corrected chi connectivity index (χ0v) is 10.1. The average Bonchev–Trinajstić information content (AvgIpc) is 2.84. The van der Waals surface area contributed by atoms with Crippen LogP contribution in [0.25, 0.3) is 0 Å². The molecular formula is C10H18N2O5. The maximum Gasteiger partial charge on any atom is 0.294 e. The average molecular weight is 246 g/mol. The highest BCUT2D eigenvalue weighted by Gasteiger charge is 2.50. The number of hydrogen-bond acceptors (Lipinski definition) is 6. The van der Waals surface area contributed by atoms with Crippen molar-refractivity contribution in [1.82, 2.24) is 4.90 Å². The molecule has 4 atom stereocenters. The van der Waals surface area contributed by atoms with Crippen LogP contribution in [0.4, 0.5) is 0 Å². The van der Waals surface area contributed by atoms with E-state index in [0.29, 0.717) is 6.61 Å². The third kappa shape index (κ3) is 2.36. The third-order valence-electron chi connectivity index (χ3n) is 3.48. The molecule has 0 spiro atoms. The highest BCUT2D eigenvalue weighted by molar-refractivity contribution is 4.98. The van der Waals surface area contributed by atoms with Crippen LogP contribution in [-0.2, 0) is 14.3 Å². The molecule has 0 bridgehead atoms. The van der Waals surface area contributed by atoms with E-state index < -0.39 is 11.2 Å². The van der Waals surface area contributed by atoms with Gasteiger partial charge >= 0.3 is 0 Å². The second kappa shape index (κ2) is 5.16. The van der Waals surface area contributed by atoms with Crippen molar-refractivity contribution >= 4 is 0 Å². The van der Waals surface area contributed by atoms with E-state index in [1.165, 1.54) is 0 Å². The van der Waals surface area contributed by atoms with Gasteiger partial charge in [-0.2, -0.15) is 0 Å². The van der Waals surface area contributed by atoms with Crippen molar-refractivity contribution in [2.45, 2.75) is 38.2 Å². The smallest absolute Gasteiger partial charge is 0.294 e. The Labute approximate surface area is 99.7 Å². The van der Waals surface area contributed by atoms with Gasteiger partial charge in [-0.3, -0.25) is 4.90 Å². The third-order valence-corrected chi connectivity index (χ3v) is 3.48. The summed E-state index contributed by atoms with van der Waals surface area (Å²) in [6.07, 6.45) is -1.01. The Bertz CT molecular complexity index is 284. The van der Waals surface area contributed by atoms with Crippen molar-refractivity contribution < 1.29 is 19.4 Å². The molecule has 0 saturated carbocycles. The van der Waals surface area contributed by atoms with Gasteiger partial charge in [-0.15, -0.1) is 10.1 Å². The highest BCUT2D eigenvalue weighted by Crippen LogP contribution is 2.31. The van der Waals surface area contributed by atoms with Crippen LogP contribution in [0.3, 0.4) is 0 Å². The maximum atomic E-state index is 10.3. The van der Waals surface area contributed by atoms with Crippen molar-refractivity contribution in [2.24, 2.45) is 0 Å². The molecule has 0 N–H and O–H groups in total. The highest BCUT2D eigenvalue weighted by atomic mass is 17.0. The first-order chi connectivity index (χ1) is 8.17. The number of nitrogens with zero attached hydrogens (tertiary/aromatic N) is 2. The van der Waals surface area contributed by atoms with Crippen LogP contribution in [-0.4, -0.2) is 60.6 Å². The van der Waals surface area contributed by atoms with Gasteiger partial charge in [0, 0.05) is 0 Å². The van der Waals surface area contributed by atoms with Crippen LogP contribution in [0, 0.1) is 10.1 Å². The van der Waals surface area contributed by atoms with E-state index in [-0.39, 0.29) is 24.9 Å². The predicted octanol–water partition coefficient (Wildman–Crippen LogP) is 0.0713. The largest absolute Gasteiger partial charge is 0.371 e. The van der Waals surface area contributed by atoms with Crippen molar-refractivity contribution in [3.8, 4) is 0 Å². The topological polar surface area (TPSA) is 74.1 Å². The quantitative estimate of drug-likeness (QED) is 0.505. The van der Waals surface area contributed by atoms with E-state index >= 15 is 0 Å². The van der Waals surface area contributed by atoms with Gasteiger partial charge in [0.1, 0.15) is 12.2 Å². The molecule has 2 aliphatic heterocycles. The Kier molecular flexibility index (Phi) is 3.80. The fourth-order valence-corrected chi connectivity index (χ4v) is 2.65. The predicted molar refractivity (Wildman–Crippen MR) is 58.1 cm³/mol. The van der Waals surface area contributed by atoms with Crippen LogP contribution < -0.4 is 0 Å². The van der Waals surface area contributed by atoms with E-state index in [1.807, 2.05) is 0 Å². The fourth-order valence-electron chi connectivity index (χ4n) is 2.65. The summed E-state index contributed by atoms with van der Waals surface area (Å²) in [7, 11) is 0. The Balaban J connectivity index is 1.98. The Morgan fingerprint density at radius 1 is 1.29 bits per heavy atom. The first-order valence-corrected chi connectivity index (χ1v) is 5.95. The van der Waals surface area contributed by atoms with Crippen molar-refractivity contribution in [3.63, 3.8) is 0 Å². The lowest BCUT2D eigenvalue weighted by molar-refractivity contribution is -0.769. The lowest BCUT2D eigenvalue weighted by Gasteiger charge is -2.28. The van der Waals surface area contributed by atoms with Crippen LogP contribution >= 0.6 is 0 Å². The summed E-state index contributed by atoms with van der Waals surface area (Å²) in [4.78, 5) is 17.2. The van der Waals surface area contributed by atoms with Gasteiger partial charge in [-0.1, -0.05) is 13.8 Å². The summed E-state index contributed by atoms with van der Waals surface area (Å²) in [5.74, 6) is 0. The normalized spacial score (nSPS) is 36.2. The first kappa shape index (κ1) is 12.5. The van der Waals surface area contributed by atoms with Gasteiger partial charge < -0.3 is 14.3 Å². The number of rotatable bonds is 5. The van der Waals surface area contributed by atoms with Crippen molar-refractivity contribution in [3.05, 3.63) is 10.1 Å². The summed E-state index contributed by atoms with van der Waals surface area (Å²) >= 11 is 0. The molecular weight excluding hydrogens is 228 g/mol. The molecule has 2 saturated heterocycles. The van der Waals surface area contributed by atoms with Gasteiger partial charge in [-0.25, -0.2) is 0 Å².